The molecule has 4 bridgehead atoms. The molecular formula is C24H11BClF3N6. The summed E-state index contributed by atoms with van der Waals surface area (Å²) in [6.45, 7) is 0. The summed E-state index contributed by atoms with van der Waals surface area (Å²) in [5.74, 6) is -0.411. The minimum absolute atomic E-state index is 0.0222. The minimum Gasteiger partial charge on any atom is -0.319 e. The van der Waals surface area contributed by atoms with E-state index in [1.165, 1.54) is 30.3 Å². The summed E-state index contributed by atoms with van der Waals surface area (Å²) in [6, 6.07) is 8.77. The maximum absolute atomic E-state index is 14.4. The standard InChI is InChI=1S/C24H11BClF3N6/c26-25-34-21-14-5-2-11(28)8-17(14)23(34)33-24-18-9-12(29)3-6-15(18)22(35(24)25)32-20-16-7-10(27)1-4-13(16)19(30-20)31-21/h1-8,19H,9H2. The van der Waals surface area contributed by atoms with E-state index in [1.807, 2.05) is 0 Å². The molecule has 6 nitrogen and oxygen atoms in total. The van der Waals surface area contributed by atoms with Crippen LogP contribution in [-0.2, 0) is 6.42 Å². The molecule has 0 saturated carbocycles. The fourth-order valence-corrected chi connectivity index (χ4v) is 5.71. The molecule has 1 atom stereocenters. The van der Waals surface area contributed by atoms with Gasteiger partial charge in [-0.05, 0) is 42.5 Å². The molecule has 8 rings (SSSR count). The number of nitrogens with zero attached hydrogens (tertiary/aromatic N) is 6. The van der Waals surface area contributed by atoms with Gasteiger partial charge in [0.2, 0.25) is 0 Å². The van der Waals surface area contributed by atoms with E-state index in [9.17, 15) is 13.2 Å². The smallest absolute Gasteiger partial charge is 0.319 e. The summed E-state index contributed by atoms with van der Waals surface area (Å²) < 4.78 is 46.4. The summed E-state index contributed by atoms with van der Waals surface area (Å²) in [6.07, 6.45) is 1.50. The summed E-state index contributed by atoms with van der Waals surface area (Å²) >= 11 is 7.07. The Bertz CT molecular complexity index is 2010. The molecule has 4 aromatic rings. The Kier molecular flexibility index (Phi) is 3.54. The van der Waals surface area contributed by atoms with Gasteiger partial charge >= 0.3 is 6.40 Å². The Hall–Kier alpha value is -3.92. The lowest BCUT2D eigenvalue weighted by molar-refractivity contribution is 0.611. The van der Waals surface area contributed by atoms with Crippen molar-refractivity contribution in [3.63, 3.8) is 0 Å². The van der Waals surface area contributed by atoms with Crippen LogP contribution in [0.2, 0.25) is 0 Å². The molecule has 0 amide bonds. The van der Waals surface area contributed by atoms with Crippen molar-refractivity contribution >= 4 is 46.4 Å². The van der Waals surface area contributed by atoms with Crippen molar-refractivity contribution in [1.82, 2.24) is 8.96 Å². The predicted octanol–water partition coefficient (Wildman–Crippen LogP) is 2.51. The van der Waals surface area contributed by atoms with E-state index in [0.717, 1.165) is 0 Å². The highest BCUT2D eigenvalue weighted by molar-refractivity contribution is 7.05. The topological polar surface area (TPSA) is 59.3 Å². The number of halogens is 4. The molecule has 0 saturated heterocycles. The number of hydrogen-bond donors (Lipinski definition) is 0. The van der Waals surface area contributed by atoms with Crippen LogP contribution < -0.4 is 21.7 Å². The van der Waals surface area contributed by atoms with Gasteiger partial charge in [-0.25, -0.2) is 33.1 Å². The van der Waals surface area contributed by atoms with E-state index in [-0.39, 0.29) is 12.2 Å². The fourth-order valence-electron chi connectivity index (χ4n) is 5.34. The van der Waals surface area contributed by atoms with Crippen LogP contribution in [0.4, 0.5) is 19.0 Å². The molecule has 3 aliphatic heterocycles. The summed E-state index contributed by atoms with van der Waals surface area (Å²) in [5, 5.41) is 1.85. The van der Waals surface area contributed by atoms with Crippen LogP contribution in [0.1, 0.15) is 22.9 Å². The first-order chi connectivity index (χ1) is 17.0. The van der Waals surface area contributed by atoms with Crippen molar-refractivity contribution in [3.8, 4) is 0 Å². The zero-order valence-corrected chi connectivity index (χ0v) is 18.4. The highest BCUT2D eigenvalue weighted by atomic mass is 35.5. The lowest BCUT2D eigenvalue weighted by atomic mass is 10.1. The van der Waals surface area contributed by atoms with Gasteiger partial charge in [0.25, 0.3) is 0 Å². The molecule has 168 valence electrons. The molecule has 11 heteroatoms. The van der Waals surface area contributed by atoms with Crippen LogP contribution in [0.25, 0.3) is 16.8 Å². The number of fused-ring (bicyclic) bond motifs is 10. The van der Waals surface area contributed by atoms with Gasteiger partial charge in [0.15, 0.2) is 12.0 Å². The average Bonchev–Trinajstić information content (AvgIpc) is 3.43. The largest absolute Gasteiger partial charge is 0.499 e. The van der Waals surface area contributed by atoms with Crippen molar-refractivity contribution < 1.29 is 13.2 Å². The summed E-state index contributed by atoms with van der Waals surface area (Å²) in [7, 11) is 0. The second-order valence-electron chi connectivity index (χ2n) is 8.79. The molecule has 1 unspecified atom stereocenters. The maximum Gasteiger partial charge on any atom is 0.499 e. The van der Waals surface area contributed by atoms with E-state index in [2.05, 4.69) is 0 Å². The summed E-state index contributed by atoms with van der Waals surface area (Å²) in [4.78, 5) is 19.3. The Balaban J connectivity index is 1.65. The highest BCUT2D eigenvalue weighted by Gasteiger charge is 2.36. The first kappa shape index (κ1) is 19.4. The van der Waals surface area contributed by atoms with E-state index in [1.54, 1.807) is 27.2 Å². The Morgan fingerprint density at radius 2 is 1.69 bits per heavy atom. The predicted molar refractivity (Wildman–Crippen MR) is 125 cm³/mol. The van der Waals surface area contributed by atoms with E-state index >= 15 is 0 Å². The number of hydrogen-bond acceptors (Lipinski definition) is 4. The minimum atomic E-state index is -0.856. The van der Waals surface area contributed by atoms with Gasteiger partial charge in [-0.15, -0.1) is 11.5 Å². The average molecular weight is 487 g/mol. The van der Waals surface area contributed by atoms with Gasteiger partial charge in [0.1, 0.15) is 39.7 Å². The lowest BCUT2D eigenvalue weighted by Gasteiger charge is -2.18. The van der Waals surface area contributed by atoms with E-state index in [0.29, 0.717) is 60.8 Å². The first-order valence-electron chi connectivity index (χ1n) is 10.9. The molecule has 2 aromatic heterocycles. The lowest BCUT2D eigenvalue weighted by Crippen LogP contribution is -2.50. The van der Waals surface area contributed by atoms with Gasteiger partial charge in [0.05, 0.1) is 0 Å². The number of rotatable bonds is 0. The first-order valence-corrected chi connectivity index (χ1v) is 11.4. The normalized spacial score (nSPS) is 18.5. The molecule has 0 spiro atoms. The van der Waals surface area contributed by atoms with Crippen molar-refractivity contribution in [2.45, 2.75) is 12.6 Å². The monoisotopic (exact) mass is 486 g/mol. The van der Waals surface area contributed by atoms with Crippen LogP contribution in [0.15, 0.2) is 68.3 Å². The number of aliphatic imine (C=N–C) groups is 1. The molecule has 0 fully saturated rings. The number of aromatic nitrogens is 2. The maximum atomic E-state index is 14.4. The van der Waals surface area contributed by atoms with Crippen LogP contribution in [0, 0.1) is 11.6 Å². The highest BCUT2D eigenvalue weighted by Crippen LogP contribution is 2.33. The Morgan fingerprint density at radius 1 is 0.857 bits per heavy atom. The SMILES string of the molecule is FC1=CC=c2c(c3n4c2=NC2=NC(N=c5c6ccc(F)cc6c(n5B4Cl)=N3)c3ccc(F)cc32)C1. The zero-order chi connectivity index (χ0) is 23.6. The summed E-state index contributed by atoms with van der Waals surface area (Å²) in [5.41, 5.74) is 3.19. The van der Waals surface area contributed by atoms with Crippen molar-refractivity contribution in [3.05, 3.63) is 98.3 Å². The quantitative estimate of drug-likeness (QED) is 0.343. The van der Waals surface area contributed by atoms with Crippen molar-refractivity contribution in [1.29, 1.82) is 0 Å². The van der Waals surface area contributed by atoms with Crippen molar-refractivity contribution in [2.24, 2.45) is 20.0 Å². The molecule has 0 N–H and O–H groups in total. The van der Waals surface area contributed by atoms with Gasteiger partial charge in [-0.1, -0.05) is 6.07 Å². The zero-order valence-electron chi connectivity index (χ0n) is 17.7. The van der Waals surface area contributed by atoms with Crippen LogP contribution >= 0.6 is 11.5 Å². The Morgan fingerprint density at radius 3 is 2.57 bits per heavy atom. The second kappa shape index (κ2) is 6.39. The number of amidine groups is 1. The van der Waals surface area contributed by atoms with E-state index < -0.39 is 24.2 Å². The molecule has 2 aromatic carbocycles. The van der Waals surface area contributed by atoms with Gasteiger partial charge in [-0.3, -0.25) is 0 Å². The Labute approximate surface area is 199 Å². The van der Waals surface area contributed by atoms with Crippen LogP contribution in [0.3, 0.4) is 0 Å². The third-order valence-corrected chi connectivity index (χ3v) is 7.25. The van der Waals surface area contributed by atoms with E-state index in [4.69, 9.17) is 31.4 Å². The molecule has 5 heterocycles. The van der Waals surface area contributed by atoms with Crippen LogP contribution in [0.5, 0.6) is 0 Å². The van der Waals surface area contributed by atoms with Gasteiger partial charge in [-0.2, -0.15) is 0 Å². The van der Waals surface area contributed by atoms with Gasteiger partial charge in [0, 0.05) is 39.1 Å². The molecular weight excluding hydrogens is 476 g/mol. The van der Waals surface area contributed by atoms with Crippen LogP contribution in [-0.4, -0.2) is 21.2 Å². The van der Waals surface area contributed by atoms with Crippen molar-refractivity contribution in [2.75, 3.05) is 0 Å². The third kappa shape index (κ3) is 2.42. The third-order valence-electron chi connectivity index (χ3n) is 6.86. The van der Waals surface area contributed by atoms with Gasteiger partial charge < -0.3 is 8.96 Å². The molecule has 35 heavy (non-hydrogen) atoms. The fraction of sp³-hybridized carbons (Fsp3) is 0.0833. The molecule has 4 aliphatic rings. The molecule has 0 radical (unpaired) electrons. The number of benzene rings is 2. The second-order valence-corrected chi connectivity index (χ2v) is 9.19. The number of allylic oxidation sites excluding steroid dienone is 2. The molecule has 1 aliphatic carbocycles.